The van der Waals surface area contributed by atoms with Crippen LogP contribution in [0.2, 0.25) is 0 Å². The maximum absolute atomic E-state index is 5.68. The maximum atomic E-state index is 5.68. The SMILES string of the molecule is CO[C@H]1CC[C@H]([C@H]2CC[C@H](OC)O2)O1. The number of hydrogen-bond donors (Lipinski definition) is 0. The first kappa shape index (κ1) is 10.4. The normalized spacial score (nSPS) is 43.3. The highest BCUT2D eigenvalue weighted by Crippen LogP contribution is 2.31. The minimum atomic E-state index is -0.0369. The average Bonchev–Trinajstić information content (AvgIpc) is 2.86. The van der Waals surface area contributed by atoms with E-state index in [0.717, 1.165) is 25.7 Å². The van der Waals surface area contributed by atoms with Crippen molar-refractivity contribution in [3.05, 3.63) is 0 Å². The Morgan fingerprint density at radius 1 is 0.786 bits per heavy atom. The molecule has 0 bridgehead atoms. The van der Waals surface area contributed by atoms with Crippen LogP contribution in [0.1, 0.15) is 25.7 Å². The van der Waals surface area contributed by atoms with Crippen molar-refractivity contribution in [3.63, 3.8) is 0 Å². The first-order valence-corrected chi connectivity index (χ1v) is 5.20. The van der Waals surface area contributed by atoms with Gasteiger partial charge in [0.2, 0.25) is 0 Å². The Kier molecular flexibility index (Phi) is 3.38. The second kappa shape index (κ2) is 4.57. The summed E-state index contributed by atoms with van der Waals surface area (Å²) in [5.41, 5.74) is 0. The van der Waals surface area contributed by atoms with E-state index in [9.17, 15) is 0 Å². The molecule has 2 saturated heterocycles. The molecule has 0 aliphatic carbocycles. The van der Waals surface area contributed by atoms with E-state index in [0.29, 0.717) is 0 Å². The molecule has 0 radical (unpaired) electrons. The van der Waals surface area contributed by atoms with Gasteiger partial charge < -0.3 is 18.9 Å². The fraction of sp³-hybridized carbons (Fsp3) is 1.00. The first-order chi connectivity index (χ1) is 6.83. The van der Waals surface area contributed by atoms with E-state index >= 15 is 0 Å². The number of rotatable bonds is 3. The van der Waals surface area contributed by atoms with E-state index in [1.54, 1.807) is 14.2 Å². The highest BCUT2D eigenvalue weighted by Gasteiger charge is 2.37. The topological polar surface area (TPSA) is 36.9 Å². The number of ether oxygens (including phenoxy) is 4. The molecule has 2 aliphatic rings. The van der Waals surface area contributed by atoms with Crippen molar-refractivity contribution in [2.75, 3.05) is 14.2 Å². The predicted octanol–water partition coefficient (Wildman–Crippen LogP) is 1.29. The van der Waals surface area contributed by atoms with Crippen LogP contribution in [0.15, 0.2) is 0 Å². The lowest BCUT2D eigenvalue weighted by Gasteiger charge is -2.19. The lowest BCUT2D eigenvalue weighted by Crippen LogP contribution is -2.27. The third kappa shape index (κ3) is 2.08. The van der Waals surface area contributed by atoms with Gasteiger partial charge in [0.15, 0.2) is 12.6 Å². The highest BCUT2D eigenvalue weighted by atomic mass is 16.7. The van der Waals surface area contributed by atoms with Crippen LogP contribution in [-0.2, 0) is 18.9 Å². The van der Waals surface area contributed by atoms with E-state index in [1.165, 1.54) is 0 Å². The Labute approximate surface area is 84.5 Å². The van der Waals surface area contributed by atoms with Crippen LogP contribution < -0.4 is 0 Å². The second-order valence-corrected chi connectivity index (χ2v) is 3.83. The van der Waals surface area contributed by atoms with Crippen LogP contribution in [0.25, 0.3) is 0 Å². The van der Waals surface area contributed by atoms with Crippen LogP contribution in [0.3, 0.4) is 0 Å². The Morgan fingerprint density at radius 3 is 1.50 bits per heavy atom. The zero-order valence-corrected chi connectivity index (χ0v) is 8.77. The van der Waals surface area contributed by atoms with Crippen molar-refractivity contribution in [1.29, 1.82) is 0 Å². The van der Waals surface area contributed by atoms with Crippen molar-refractivity contribution in [3.8, 4) is 0 Å². The summed E-state index contributed by atoms with van der Waals surface area (Å²) < 4.78 is 21.7. The van der Waals surface area contributed by atoms with Crippen LogP contribution >= 0.6 is 0 Å². The summed E-state index contributed by atoms with van der Waals surface area (Å²) in [4.78, 5) is 0. The van der Waals surface area contributed by atoms with Gasteiger partial charge in [0, 0.05) is 27.1 Å². The van der Waals surface area contributed by atoms with Gasteiger partial charge in [-0.15, -0.1) is 0 Å². The molecule has 0 aromatic heterocycles. The third-order valence-electron chi connectivity index (χ3n) is 2.97. The maximum Gasteiger partial charge on any atom is 0.157 e. The van der Waals surface area contributed by atoms with Crippen molar-refractivity contribution in [2.45, 2.75) is 50.5 Å². The van der Waals surface area contributed by atoms with Gasteiger partial charge in [0.25, 0.3) is 0 Å². The molecule has 4 atom stereocenters. The molecule has 4 nitrogen and oxygen atoms in total. The smallest absolute Gasteiger partial charge is 0.157 e. The van der Waals surface area contributed by atoms with Gasteiger partial charge in [-0.05, 0) is 12.8 Å². The lowest BCUT2D eigenvalue weighted by atomic mass is 10.1. The van der Waals surface area contributed by atoms with Gasteiger partial charge in [-0.3, -0.25) is 0 Å². The van der Waals surface area contributed by atoms with Crippen molar-refractivity contribution in [1.82, 2.24) is 0 Å². The molecule has 2 aliphatic heterocycles. The molecule has 0 N–H and O–H groups in total. The van der Waals surface area contributed by atoms with Gasteiger partial charge in [0.05, 0.1) is 12.2 Å². The van der Waals surface area contributed by atoms with Crippen molar-refractivity contribution < 1.29 is 18.9 Å². The Morgan fingerprint density at radius 2 is 1.21 bits per heavy atom. The Bertz CT molecular complexity index is 165. The summed E-state index contributed by atoms with van der Waals surface area (Å²) in [6.45, 7) is 0. The molecule has 0 unspecified atom stereocenters. The second-order valence-electron chi connectivity index (χ2n) is 3.83. The van der Waals surface area contributed by atoms with Crippen LogP contribution in [0.5, 0.6) is 0 Å². The molecule has 82 valence electrons. The standard InChI is InChI=1S/C10H18O4/c1-11-9-5-3-7(13-9)8-4-6-10(12-2)14-8/h7-10H,3-6H2,1-2H3/t7-,8-,9-,10-/m1/s1. The number of hydrogen-bond acceptors (Lipinski definition) is 4. The van der Waals surface area contributed by atoms with Gasteiger partial charge in [0.1, 0.15) is 0 Å². The van der Waals surface area contributed by atoms with Gasteiger partial charge in [-0.25, -0.2) is 0 Å². The molecule has 14 heavy (non-hydrogen) atoms. The Hall–Kier alpha value is -0.160. The quantitative estimate of drug-likeness (QED) is 0.691. The van der Waals surface area contributed by atoms with E-state index in [-0.39, 0.29) is 24.8 Å². The average molecular weight is 202 g/mol. The van der Waals surface area contributed by atoms with Crippen LogP contribution in [-0.4, -0.2) is 39.0 Å². The summed E-state index contributed by atoms with van der Waals surface area (Å²) in [6.07, 6.45) is 4.31. The molecular formula is C10H18O4. The molecule has 4 heteroatoms. The first-order valence-electron chi connectivity index (χ1n) is 5.20. The van der Waals surface area contributed by atoms with Crippen LogP contribution in [0, 0.1) is 0 Å². The van der Waals surface area contributed by atoms with Gasteiger partial charge >= 0.3 is 0 Å². The summed E-state index contributed by atoms with van der Waals surface area (Å²) >= 11 is 0. The molecule has 2 rings (SSSR count). The fourth-order valence-electron chi connectivity index (χ4n) is 2.16. The van der Waals surface area contributed by atoms with E-state index < -0.39 is 0 Å². The lowest BCUT2D eigenvalue weighted by molar-refractivity contribution is -0.174. The summed E-state index contributed by atoms with van der Waals surface area (Å²) in [5, 5.41) is 0. The zero-order valence-electron chi connectivity index (χ0n) is 8.77. The molecule has 2 fully saturated rings. The largest absolute Gasteiger partial charge is 0.356 e. The van der Waals surface area contributed by atoms with E-state index in [2.05, 4.69) is 0 Å². The molecule has 0 spiro atoms. The highest BCUT2D eigenvalue weighted by molar-refractivity contribution is 4.81. The van der Waals surface area contributed by atoms with Crippen LogP contribution in [0.4, 0.5) is 0 Å². The predicted molar refractivity (Wildman–Crippen MR) is 49.8 cm³/mol. The summed E-state index contributed by atoms with van der Waals surface area (Å²) in [7, 11) is 3.36. The molecule has 0 saturated carbocycles. The minimum Gasteiger partial charge on any atom is -0.356 e. The van der Waals surface area contributed by atoms with Gasteiger partial charge in [-0.1, -0.05) is 0 Å². The molecule has 0 aromatic carbocycles. The van der Waals surface area contributed by atoms with Crippen molar-refractivity contribution in [2.24, 2.45) is 0 Å². The third-order valence-corrected chi connectivity index (χ3v) is 2.97. The molecular weight excluding hydrogens is 184 g/mol. The van der Waals surface area contributed by atoms with Crippen molar-refractivity contribution >= 4 is 0 Å². The Balaban J connectivity index is 1.80. The summed E-state index contributed by atoms with van der Waals surface area (Å²) in [6, 6.07) is 0. The molecule has 0 amide bonds. The monoisotopic (exact) mass is 202 g/mol. The minimum absolute atomic E-state index is 0.0369. The molecule has 0 aromatic rings. The summed E-state index contributed by atoms with van der Waals surface area (Å²) in [5.74, 6) is 0. The van der Waals surface area contributed by atoms with E-state index in [1.807, 2.05) is 0 Å². The van der Waals surface area contributed by atoms with E-state index in [4.69, 9.17) is 18.9 Å². The molecule has 2 heterocycles. The zero-order chi connectivity index (χ0) is 9.97. The number of methoxy groups -OCH3 is 2. The van der Waals surface area contributed by atoms with Gasteiger partial charge in [-0.2, -0.15) is 0 Å². The fourth-order valence-corrected chi connectivity index (χ4v) is 2.16.